The van der Waals surface area contributed by atoms with Crippen LogP contribution in [0.3, 0.4) is 0 Å². The summed E-state index contributed by atoms with van der Waals surface area (Å²) in [6.45, 7) is 0. The van der Waals surface area contributed by atoms with E-state index in [1.54, 1.807) is 23.9 Å². The van der Waals surface area contributed by atoms with Crippen LogP contribution in [-0.2, 0) is 10.5 Å². The van der Waals surface area contributed by atoms with E-state index in [1.165, 1.54) is 7.11 Å². The third-order valence-corrected chi connectivity index (χ3v) is 4.23. The molecule has 1 N–H and O–H groups in total. The van der Waals surface area contributed by atoms with E-state index in [4.69, 9.17) is 0 Å². The van der Waals surface area contributed by atoms with Crippen LogP contribution >= 0.6 is 11.8 Å². The predicted octanol–water partition coefficient (Wildman–Crippen LogP) is 2.16. The monoisotopic (exact) mass is 327 g/mol. The van der Waals surface area contributed by atoms with Crippen molar-refractivity contribution in [2.45, 2.75) is 10.9 Å². The molecule has 0 unspecified atom stereocenters. The average Bonchev–Trinajstić information content (AvgIpc) is 3.09. The van der Waals surface area contributed by atoms with Gasteiger partial charge in [0.25, 0.3) is 0 Å². The molecule has 0 radical (unpaired) electrons. The molecule has 3 aromatic rings. The molecule has 116 valence electrons. The van der Waals surface area contributed by atoms with Crippen LogP contribution in [-0.4, -0.2) is 28.6 Å². The zero-order valence-electron chi connectivity index (χ0n) is 12.5. The predicted molar refractivity (Wildman–Crippen MR) is 85.3 cm³/mol. The number of carbonyl (C=O) groups is 1. The van der Waals surface area contributed by atoms with E-state index < -0.39 is 0 Å². The fourth-order valence-corrected chi connectivity index (χ4v) is 2.90. The number of aromatic amines is 1. The lowest BCUT2D eigenvalue weighted by atomic mass is 10.1. The summed E-state index contributed by atoms with van der Waals surface area (Å²) >= 11 is 1.56. The number of esters is 1. The number of methoxy groups -OCH3 is 1. The Hall–Kier alpha value is -2.67. The highest BCUT2D eigenvalue weighted by Gasteiger charge is 2.17. The van der Waals surface area contributed by atoms with E-state index in [1.807, 2.05) is 47.1 Å². The lowest BCUT2D eigenvalue weighted by Crippen LogP contribution is -2.34. The van der Waals surface area contributed by atoms with Gasteiger partial charge in [0.1, 0.15) is 10.8 Å². The van der Waals surface area contributed by atoms with Crippen LogP contribution in [0.25, 0.3) is 5.69 Å². The molecular weight excluding hydrogens is 312 g/mol. The van der Waals surface area contributed by atoms with Crippen molar-refractivity contribution in [1.82, 2.24) is 15.5 Å². The van der Waals surface area contributed by atoms with Crippen molar-refractivity contribution in [3.05, 3.63) is 65.7 Å². The molecule has 1 heterocycles. The van der Waals surface area contributed by atoms with Crippen LogP contribution in [0.4, 0.5) is 0 Å². The second kappa shape index (κ2) is 7.06. The van der Waals surface area contributed by atoms with Gasteiger partial charge in [-0.05, 0) is 41.6 Å². The van der Waals surface area contributed by atoms with Crippen molar-refractivity contribution < 1.29 is 14.2 Å². The molecule has 0 amide bonds. The number of nitrogens with zero attached hydrogens (tertiary/aromatic N) is 3. The summed E-state index contributed by atoms with van der Waals surface area (Å²) in [6, 6.07) is 17.2. The van der Waals surface area contributed by atoms with E-state index in [9.17, 15) is 4.79 Å². The molecule has 6 nitrogen and oxygen atoms in total. The van der Waals surface area contributed by atoms with Crippen molar-refractivity contribution in [1.29, 1.82) is 0 Å². The highest BCUT2D eigenvalue weighted by Crippen LogP contribution is 2.18. The molecule has 0 fully saturated rings. The summed E-state index contributed by atoms with van der Waals surface area (Å²) in [5.74, 6) is 0.392. The lowest BCUT2D eigenvalue weighted by molar-refractivity contribution is -0.697. The molecular formula is C16H15N4O2S+. The SMILES string of the molecule is COC(=O)c1ccc(CSc2nn[nH][n+]2-c2ccccc2)cc1. The van der Waals surface area contributed by atoms with Crippen molar-refractivity contribution >= 4 is 17.7 Å². The van der Waals surface area contributed by atoms with Crippen LogP contribution in [0, 0.1) is 0 Å². The Morgan fingerprint density at radius 2 is 1.91 bits per heavy atom. The van der Waals surface area contributed by atoms with E-state index in [-0.39, 0.29) is 5.97 Å². The summed E-state index contributed by atoms with van der Waals surface area (Å²) in [4.78, 5) is 11.4. The van der Waals surface area contributed by atoms with E-state index in [0.29, 0.717) is 5.56 Å². The Kier molecular flexibility index (Phi) is 4.68. The van der Waals surface area contributed by atoms with Crippen LogP contribution < -0.4 is 4.68 Å². The number of thioether (sulfide) groups is 1. The Labute approximate surface area is 137 Å². The molecule has 0 saturated carbocycles. The Morgan fingerprint density at radius 3 is 2.61 bits per heavy atom. The number of hydrogen-bond donors (Lipinski definition) is 1. The Morgan fingerprint density at radius 1 is 1.17 bits per heavy atom. The minimum Gasteiger partial charge on any atom is -0.465 e. The number of carbonyl (C=O) groups excluding carboxylic acids is 1. The quantitative estimate of drug-likeness (QED) is 0.442. The molecule has 0 spiro atoms. The molecule has 23 heavy (non-hydrogen) atoms. The maximum Gasteiger partial charge on any atom is 0.365 e. The summed E-state index contributed by atoms with van der Waals surface area (Å²) in [5.41, 5.74) is 2.60. The number of hydrogen-bond acceptors (Lipinski definition) is 5. The molecule has 0 bridgehead atoms. The van der Waals surface area contributed by atoms with Gasteiger partial charge in [-0.1, -0.05) is 35.5 Å². The molecule has 0 atom stereocenters. The third-order valence-electron chi connectivity index (χ3n) is 3.23. The summed E-state index contributed by atoms with van der Waals surface area (Å²) < 4.78 is 6.52. The zero-order chi connectivity index (χ0) is 16.1. The normalized spacial score (nSPS) is 10.5. The number of nitrogens with one attached hydrogen (secondary N) is 1. The maximum absolute atomic E-state index is 11.4. The van der Waals surface area contributed by atoms with Gasteiger partial charge in [-0.3, -0.25) is 0 Å². The third kappa shape index (κ3) is 3.57. The molecule has 2 aromatic carbocycles. The lowest BCUT2D eigenvalue weighted by Gasteiger charge is -2.02. The first-order valence-corrected chi connectivity index (χ1v) is 7.95. The van der Waals surface area contributed by atoms with E-state index in [0.717, 1.165) is 22.2 Å². The molecule has 3 rings (SSSR count). The first-order valence-electron chi connectivity index (χ1n) is 6.96. The van der Waals surface area contributed by atoms with Crippen LogP contribution in [0.15, 0.2) is 59.8 Å². The van der Waals surface area contributed by atoms with Crippen molar-refractivity contribution in [3.63, 3.8) is 0 Å². The maximum atomic E-state index is 11.4. The number of tetrazole rings is 1. The van der Waals surface area contributed by atoms with Crippen molar-refractivity contribution in [2.75, 3.05) is 7.11 Å². The van der Waals surface area contributed by atoms with Gasteiger partial charge in [0.15, 0.2) is 5.21 Å². The van der Waals surface area contributed by atoms with Gasteiger partial charge >= 0.3 is 11.1 Å². The summed E-state index contributed by atoms with van der Waals surface area (Å²) in [6.07, 6.45) is 0. The average molecular weight is 327 g/mol. The second-order valence-electron chi connectivity index (χ2n) is 4.73. The Bertz CT molecular complexity index is 787. The van der Waals surface area contributed by atoms with Gasteiger partial charge in [-0.15, -0.1) is 4.68 Å². The zero-order valence-corrected chi connectivity index (χ0v) is 13.3. The first-order chi connectivity index (χ1) is 11.3. The molecule has 0 saturated heterocycles. The van der Waals surface area contributed by atoms with Gasteiger partial charge in [0, 0.05) is 5.75 Å². The van der Waals surface area contributed by atoms with Gasteiger partial charge in [-0.2, -0.15) is 0 Å². The number of para-hydroxylation sites is 1. The van der Waals surface area contributed by atoms with Crippen molar-refractivity contribution in [2.24, 2.45) is 0 Å². The highest BCUT2D eigenvalue weighted by atomic mass is 32.2. The number of aromatic nitrogens is 4. The van der Waals surface area contributed by atoms with Gasteiger partial charge in [-0.25, -0.2) is 4.79 Å². The van der Waals surface area contributed by atoms with E-state index >= 15 is 0 Å². The van der Waals surface area contributed by atoms with Gasteiger partial charge in [0.05, 0.1) is 12.7 Å². The minimum absolute atomic E-state index is 0.331. The summed E-state index contributed by atoms with van der Waals surface area (Å²) in [7, 11) is 1.37. The van der Waals surface area contributed by atoms with Crippen LogP contribution in [0.1, 0.15) is 15.9 Å². The minimum atomic E-state index is -0.331. The largest absolute Gasteiger partial charge is 0.465 e. The number of rotatable bonds is 5. The van der Waals surface area contributed by atoms with Crippen LogP contribution in [0.5, 0.6) is 0 Å². The van der Waals surface area contributed by atoms with Crippen LogP contribution in [0.2, 0.25) is 0 Å². The van der Waals surface area contributed by atoms with Gasteiger partial charge in [0.2, 0.25) is 0 Å². The fraction of sp³-hybridized carbons (Fsp3) is 0.125. The topological polar surface area (TPSA) is 71.8 Å². The number of benzene rings is 2. The first kappa shape index (κ1) is 15.2. The molecule has 0 aliphatic heterocycles. The van der Waals surface area contributed by atoms with E-state index in [2.05, 4.69) is 20.3 Å². The standard InChI is InChI=1S/C16H14N4O2S/c1-22-15(21)13-9-7-12(8-10-13)11-23-16-17-18-19-20(16)14-5-3-2-4-6-14/h2-10H,11H2,1H3/p+1. The molecule has 0 aliphatic carbocycles. The van der Waals surface area contributed by atoms with Gasteiger partial charge < -0.3 is 4.74 Å². The fourth-order valence-electron chi connectivity index (χ4n) is 2.04. The molecule has 7 heteroatoms. The summed E-state index contributed by atoms with van der Waals surface area (Å²) in [5, 5.41) is 11.6. The smallest absolute Gasteiger partial charge is 0.365 e. The Balaban J connectivity index is 1.70. The number of ether oxygens (including phenoxy) is 1. The highest BCUT2D eigenvalue weighted by molar-refractivity contribution is 7.98. The number of H-pyrrole nitrogens is 1. The second-order valence-corrected chi connectivity index (χ2v) is 5.67. The molecule has 0 aliphatic rings. The molecule has 1 aromatic heterocycles. The van der Waals surface area contributed by atoms with Crippen molar-refractivity contribution in [3.8, 4) is 5.69 Å².